The Balaban J connectivity index is 1.97. The van der Waals surface area contributed by atoms with Crippen LogP contribution in [0.4, 0.5) is 0 Å². The van der Waals surface area contributed by atoms with E-state index in [-0.39, 0.29) is 5.92 Å². The number of nitriles is 1. The first kappa shape index (κ1) is 15.2. The van der Waals surface area contributed by atoms with Crippen LogP contribution >= 0.6 is 0 Å². The summed E-state index contributed by atoms with van der Waals surface area (Å²) in [6.45, 7) is 4.30. The van der Waals surface area contributed by atoms with E-state index >= 15 is 0 Å². The minimum atomic E-state index is 0.158. The number of fused-ring (bicyclic) bond motifs is 3. The topological polar surface area (TPSA) is 45.5 Å². The second kappa shape index (κ2) is 6.18. The minimum Gasteiger partial charge on any atom is -0.493 e. The molecule has 0 unspecified atom stereocenters. The lowest BCUT2D eigenvalue weighted by molar-refractivity contribution is 0.0718. The summed E-state index contributed by atoms with van der Waals surface area (Å²) in [6, 6.07) is 7.11. The Bertz CT molecular complexity index is 593. The van der Waals surface area contributed by atoms with E-state index in [1.54, 1.807) is 14.2 Å². The average Bonchev–Trinajstić information content (AvgIpc) is 2.58. The Labute approximate surface area is 132 Å². The first-order valence-electron chi connectivity index (χ1n) is 8.10. The summed E-state index contributed by atoms with van der Waals surface area (Å²) in [7, 11) is 3.36. The van der Waals surface area contributed by atoms with Gasteiger partial charge in [0, 0.05) is 19.1 Å². The first-order chi connectivity index (χ1) is 10.7. The summed E-state index contributed by atoms with van der Waals surface area (Å²) in [5, 5.41) is 9.50. The van der Waals surface area contributed by atoms with Gasteiger partial charge in [-0.2, -0.15) is 5.26 Å². The molecule has 3 rings (SSSR count). The van der Waals surface area contributed by atoms with Crippen molar-refractivity contribution in [1.82, 2.24) is 4.90 Å². The van der Waals surface area contributed by atoms with Crippen molar-refractivity contribution in [3.8, 4) is 17.6 Å². The van der Waals surface area contributed by atoms with Crippen molar-refractivity contribution >= 4 is 0 Å². The number of benzene rings is 1. The molecule has 4 heteroatoms. The van der Waals surface area contributed by atoms with Crippen LogP contribution in [0.5, 0.6) is 11.5 Å². The molecule has 0 aromatic heterocycles. The summed E-state index contributed by atoms with van der Waals surface area (Å²) in [5.41, 5.74) is 2.66. The highest BCUT2D eigenvalue weighted by molar-refractivity contribution is 5.49. The molecule has 4 nitrogen and oxygen atoms in total. The van der Waals surface area contributed by atoms with E-state index in [2.05, 4.69) is 30.0 Å². The van der Waals surface area contributed by atoms with Gasteiger partial charge >= 0.3 is 0 Å². The van der Waals surface area contributed by atoms with E-state index < -0.39 is 0 Å². The van der Waals surface area contributed by atoms with Crippen LogP contribution in [0.3, 0.4) is 0 Å². The predicted octanol–water partition coefficient (Wildman–Crippen LogP) is 3.17. The number of hydrogen-bond acceptors (Lipinski definition) is 4. The van der Waals surface area contributed by atoms with Crippen molar-refractivity contribution in [3.05, 3.63) is 23.3 Å². The van der Waals surface area contributed by atoms with Gasteiger partial charge < -0.3 is 9.47 Å². The fourth-order valence-corrected chi connectivity index (χ4v) is 4.01. The lowest BCUT2D eigenvalue weighted by Gasteiger charge is -2.45. The molecule has 2 heterocycles. The summed E-state index contributed by atoms with van der Waals surface area (Å²) >= 11 is 0. The molecule has 1 aromatic rings. The zero-order chi connectivity index (χ0) is 15.7. The Morgan fingerprint density at radius 1 is 1.27 bits per heavy atom. The highest BCUT2D eigenvalue weighted by atomic mass is 16.5. The van der Waals surface area contributed by atoms with E-state index in [9.17, 15) is 5.26 Å². The van der Waals surface area contributed by atoms with E-state index in [0.29, 0.717) is 12.0 Å². The van der Waals surface area contributed by atoms with E-state index in [0.717, 1.165) is 43.9 Å². The number of piperidine rings is 1. The van der Waals surface area contributed by atoms with Gasteiger partial charge in [0.2, 0.25) is 0 Å². The summed E-state index contributed by atoms with van der Waals surface area (Å²) in [5.74, 6) is 2.25. The molecule has 1 saturated heterocycles. The van der Waals surface area contributed by atoms with Gasteiger partial charge in [-0.25, -0.2) is 0 Å². The molecule has 0 spiro atoms. The zero-order valence-corrected chi connectivity index (χ0v) is 13.6. The molecular weight excluding hydrogens is 276 g/mol. The monoisotopic (exact) mass is 300 g/mol. The average molecular weight is 300 g/mol. The fraction of sp³-hybridized carbons (Fsp3) is 0.611. The van der Waals surface area contributed by atoms with Crippen molar-refractivity contribution in [2.24, 2.45) is 11.8 Å². The predicted molar refractivity (Wildman–Crippen MR) is 85.1 cm³/mol. The van der Waals surface area contributed by atoms with Crippen LogP contribution in [0.1, 0.15) is 36.9 Å². The Morgan fingerprint density at radius 3 is 2.64 bits per heavy atom. The standard InChI is InChI=1S/C18H24N2O2/c1-4-12-11-20-6-5-13-8-17(21-2)18(22-3)9-15(13)16(20)7-14(12)10-19/h8-9,12,14,16H,4-7,11H2,1-3H3/t12-,14-,16+/m1/s1. The summed E-state index contributed by atoms with van der Waals surface area (Å²) < 4.78 is 10.9. The quantitative estimate of drug-likeness (QED) is 0.860. The van der Waals surface area contributed by atoms with Crippen LogP contribution in [0, 0.1) is 23.2 Å². The molecule has 0 saturated carbocycles. The van der Waals surface area contributed by atoms with Crippen LogP contribution < -0.4 is 9.47 Å². The van der Waals surface area contributed by atoms with Crippen LogP contribution in [-0.4, -0.2) is 32.2 Å². The number of nitrogens with zero attached hydrogens (tertiary/aromatic N) is 2. The van der Waals surface area contributed by atoms with Gasteiger partial charge in [0.1, 0.15) is 0 Å². The van der Waals surface area contributed by atoms with Crippen molar-refractivity contribution in [3.63, 3.8) is 0 Å². The SMILES string of the molecule is CC[C@@H]1CN2CCc3cc(OC)c(OC)cc3[C@@H]2C[C@@H]1C#N. The third-order valence-electron chi connectivity index (χ3n) is 5.32. The maximum Gasteiger partial charge on any atom is 0.161 e. The molecule has 0 amide bonds. The summed E-state index contributed by atoms with van der Waals surface area (Å²) in [6.07, 6.45) is 3.05. The normalized spacial score (nSPS) is 27.5. The molecule has 22 heavy (non-hydrogen) atoms. The van der Waals surface area contributed by atoms with Crippen LogP contribution in [0.25, 0.3) is 0 Å². The van der Waals surface area contributed by atoms with Gasteiger partial charge in [-0.3, -0.25) is 4.90 Å². The molecule has 3 atom stereocenters. The minimum absolute atomic E-state index is 0.158. The van der Waals surface area contributed by atoms with E-state index in [1.807, 2.05) is 0 Å². The molecule has 0 radical (unpaired) electrons. The highest BCUT2D eigenvalue weighted by Crippen LogP contribution is 2.44. The zero-order valence-electron chi connectivity index (χ0n) is 13.6. The molecule has 2 aliphatic heterocycles. The van der Waals surface area contributed by atoms with Crippen molar-refractivity contribution < 1.29 is 9.47 Å². The third kappa shape index (κ3) is 2.44. The maximum absolute atomic E-state index is 9.50. The van der Waals surface area contributed by atoms with Crippen molar-refractivity contribution in [2.45, 2.75) is 32.2 Å². The van der Waals surface area contributed by atoms with Gasteiger partial charge in [0.15, 0.2) is 11.5 Å². The molecular formula is C18H24N2O2. The highest BCUT2D eigenvalue weighted by Gasteiger charge is 2.38. The Morgan fingerprint density at radius 2 is 2.00 bits per heavy atom. The van der Waals surface area contributed by atoms with Gasteiger partial charge in [-0.05, 0) is 42.0 Å². The number of ether oxygens (including phenoxy) is 2. The van der Waals surface area contributed by atoms with E-state index in [4.69, 9.17) is 9.47 Å². The van der Waals surface area contributed by atoms with Crippen molar-refractivity contribution in [2.75, 3.05) is 27.3 Å². The Hall–Kier alpha value is -1.73. The first-order valence-corrected chi connectivity index (χ1v) is 8.10. The smallest absolute Gasteiger partial charge is 0.161 e. The second-order valence-corrected chi connectivity index (χ2v) is 6.31. The van der Waals surface area contributed by atoms with Gasteiger partial charge in [-0.15, -0.1) is 0 Å². The van der Waals surface area contributed by atoms with Gasteiger partial charge in [-0.1, -0.05) is 13.3 Å². The fourth-order valence-electron chi connectivity index (χ4n) is 4.01. The van der Waals surface area contributed by atoms with Crippen LogP contribution in [0.15, 0.2) is 12.1 Å². The number of rotatable bonds is 3. The van der Waals surface area contributed by atoms with E-state index in [1.165, 1.54) is 11.1 Å². The molecule has 1 aromatic carbocycles. The van der Waals surface area contributed by atoms with Crippen LogP contribution in [0.2, 0.25) is 0 Å². The molecule has 0 bridgehead atoms. The molecule has 0 aliphatic carbocycles. The number of methoxy groups -OCH3 is 2. The summed E-state index contributed by atoms with van der Waals surface area (Å²) in [4.78, 5) is 2.55. The van der Waals surface area contributed by atoms with Crippen molar-refractivity contribution in [1.29, 1.82) is 5.26 Å². The molecule has 1 fully saturated rings. The third-order valence-corrected chi connectivity index (χ3v) is 5.32. The van der Waals surface area contributed by atoms with Crippen LogP contribution in [-0.2, 0) is 6.42 Å². The lowest BCUT2D eigenvalue weighted by atomic mass is 9.76. The largest absolute Gasteiger partial charge is 0.493 e. The second-order valence-electron chi connectivity index (χ2n) is 6.31. The lowest BCUT2D eigenvalue weighted by Crippen LogP contribution is -2.45. The maximum atomic E-state index is 9.50. The number of hydrogen-bond donors (Lipinski definition) is 0. The van der Waals surface area contributed by atoms with Gasteiger partial charge in [0.25, 0.3) is 0 Å². The molecule has 0 N–H and O–H groups in total. The van der Waals surface area contributed by atoms with Gasteiger partial charge in [0.05, 0.1) is 26.2 Å². The molecule has 118 valence electrons. The molecule has 2 aliphatic rings. The Kier molecular flexibility index (Phi) is 4.26.